The van der Waals surface area contributed by atoms with E-state index in [2.05, 4.69) is 0 Å². The van der Waals surface area contributed by atoms with Gasteiger partial charge in [-0.25, -0.2) is 12.8 Å². The van der Waals surface area contributed by atoms with Crippen molar-refractivity contribution in [2.45, 2.75) is 17.7 Å². The normalized spacial score (nSPS) is 15.1. The Hall–Kier alpha value is -0.820. The van der Waals surface area contributed by atoms with Gasteiger partial charge in [0, 0.05) is 6.54 Å². The first-order chi connectivity index (χ1) is 9.91. The molecule has 1 aromatic carbocycles. The lowest BCUT2D eigenvalue weighted by molar-refractivity contribution is 0.577. The molecule has 0 amide bonds. The van der Waals surface area contributed by atoms with Gasteiger partial charge in [0.15, 0.2) is 0 Å². The highest BCUT2D eigenvalue weighted by molar-refractivity contribution is 7.93. The number of fused-ring (bicyclic) bond motifs is 1. The van der Waals surface area contributed by atoms with Gasteiger partial charge in [0.05, 0.1) is 10.0 Å². The van der Waals surface area contributed by atoms with E-state index in [9.17, 15) is 12.8 Å². The van der Waals surface area contributed by atoms with Crippen molar-refractivity contribution in [1.29, 1.82) is 0 Å². The molecule has 2 heterocycles. The van der Waals surface area contributed by atoms with Crippen LogP contribution in [0.5, 0.6) is 0 Å². The van der Waals surface area contributed by atoms with Gasteiger partial charge in [-0.2, -0.15) is 0 Å². The first kappa shape index (κ1) is 15.1. The van der Waals surface area contributed by atoms with Gasteiger partial charge in [-0.1, -0.05) is 35.3 Å². The zero-order chi connectivity index (χ0) is 15.2. The fourth-order valence-corrected chi connectivity index (χ4v) is 6.09. The quantitative estimate of drug-likeness (QED) is 0.793. The third kappa shape index (κ3) is 2.54. The molecule has 3 rings (SSSR count). The molecule has 0 saturated heterocycles. The van der Waals surface area contributed by atoms with Crippen molar-refractivity contribution in [3.05, 3.63) is 44.3 Å². The van der Waals surface area contributed by atoms with Gasteiger partial charge in [-0.3, -0.25) is 4.31 Å². The average molecular weight is 366 g/mol. The van der Waals surface area contributed by atoms with Gasteiger partial charge in [0.2, 0.25) is 0 Å². The largest absolute Gasteiger partial charge is 0.266 e. The Morgan fingerprint density at radius 2 is 2.05 bits per heavy atom. The molecule has 0 bridgehead atoms. The molecular weight excluding hydrogens is 356 g/mol. The number of halogens is 3. The predicted octanol–water partition coefficient (Wildman–Crippen LogP) is 4.34. The highest BCUT2D eigenvalue weighted by Gasteiger charge is 2.33. The van der Waals surface area contributed by atoms with Crippen LogP contribution in [0, 0.1) is 5.82 Å². The second-order valence-electron chi connectivity index (χ2n) is 4.62. The van der Waals surface area contributed by atoms with Gasteiger partial charge < -0.3 is 0 Å². The van der Waals surface area contributed by atoms with E-state index in [-0.39, 0.29) is 25.8 Å². The number of aryl methyl sites for hydroxylation is 1. The molecule has 21 heavy (non-hydrogen) atoms. The molecule has 0 fully saturated rings. The topological polar surface area (TPSA) is 37.4 Å². The Morgan fingerprint density at radius 1 is 1.29 bits per heavy atom. The van der Waals surface area contributed by atoms with Crippen LogP contribution in [-0.2, 0) is 16.4 Å². The van der Waals surface area contributed by atoms with Gasteiger partial charge in [0.1, 0.15) is 15.0 Å². The van der Waals surface area contributed by atoms with Crippen LogP contribution in [0.15, 0.2) is 29.2 Å². The smallest absolute Gasteiger partial charge is 0.263 e. The lowest BCUT2D eigenvalue weighted by Gasteiger charge is -2.30. The third-order valence-electron chi connectivity index (χ3n) is 3.32. The predicted molar refractivity (Wildman–Crippen MR) is 83.6 cm³/mol. The first-order valence-corrected chi connectivity index (χ1v) is 9.17. The summed E-state index contributed by atoms with van der Waals surface area (Å²) < 4.78 is 41.1. The minimum absolute atomic E-state index is 0.0738. The van der Waals surface area contributed by atoms with Crippen LogP contribution in [0.2, 0.25) is 8.67 Å². The summed E-state index contributed by atoms with van der Waals surface area (Å²) in [6.07, 6.45) is 1.28. The van der Waals surface area contributed by atoms with Crippen molar-refractivity contribution in [2.75, 3.05) is 10.8 Å². The molecule has 3 nitrogen and oxygen atoms in total. The van der Waals surface area contributed by atoms with E-state index in [4.69, 9.17) is 23.2 Å². The Morgan fingerprint density at radius 3 is 2.71 bits per heavy atom. The maximum Gasteiger partial charge on any atom is 0.266 e. The van der Waals surface area contributed by atoms with Crippen LogP contribution in [-0.4, -0.2) is 15.0 Å². The number of sulfonamides is 1. The molecule has 8 heteroatoms. The Balaban J connectivity index is 2.16. The molecule has 112 valence electrons. The van der Waals surface area contributed by atoms with E-state index in [1.807, 2.05) is 0 Å². The molecule has 1 aromatic heterocycles. The summed E-state index contributed by atoms with van der Waals surface area (Å²) >= 11 is 12.7. The summed E-state index contributed by atoms with van der Waals surface area (Å²) in [4.78, 5) is -0.0738. The third-order valence-corrected chi connectivity index (χ3v) is 6.87. The Bertz CT molecular complexity index is 804. The van der Waals surface area contributed by atoms with Crippen LogP contribution in [0.1, 0.15) is 12.0 Å². The SMILES string of the molecule is O=S(=O)(c1cc(Cl)sc1Cl)N1CCCc2cccc(F)c21. The molecule has 1 aliphatic heterocycles. The number of thiophene rings is 1. The number of hydrogen-bond donors (Lipinski definition) is 0. The Kier molecular flexibility index (Phi) is 3.90. The standard InChI is InChI=1S/C13H10Cl2FNO2S2/c14-11-7-10(13(15)20-11)21(18,19)17-6-2-4-8-3-1-5-9(16)12(8)17/h1,3,5,7H,2,4,6H2. The van der Waals surface area contributed by atoms with Gasteiger partial charge in [-0.05, 0) is 30.5 Å². The number of benzene rings is 1. The lowest BCUT2D eigenvalue weighted by atomic mass is 10.0. The molecule has 0 spiro atoms. The number of anilines is 1. The number of para-hydroxylation sites is 1. The number of nitrogens with zero attached hydrogens (tertiary/aromatic N) is 1. The molecule has 0 atom stereocenters. The van der Waals surface area contributed by atoms with E-state index in [1.54, 1.807) is 12.1 Å². The highest BCUT2D eigenvalue weighted by Crippen LogP contribution is 2.39. The van der Waals surface area contributed by atoms with E-state index in [0.29, 0.717) is 18.4 Å². The van der Waals surface area contributed by atoms with Gasteiger partial charge >= 0.3 is 0 Å². The number of rotatable bonds is 2. The molecule has 0 radical (unpaired) electrons. The van der Waals surface area contributed by atoms with Crippen LogP contribution in [0.25, 0.3) is 0 Å². The van der Waals surface area contributed by atoms with Crippen molar-refractivity contribution >= 4 is 50.2 Å². The second-order valence-corrected chi connectivity index (χ2v) is 8.73. The maximum atomic E-state index is 14.1. The molecular formula is C13H10Cl2FNO2S2. The van der Waals surface area contributed by atoms with Gasteiger partial charge in [-0.15, -0.1) is 11.3 Å². The average Bonchev–Trinajstić information content (AvgIpc) is 2.78. The van der Waals surface area contributed by atoms with Crippen molar-refractivity contribution in [3.63, 3.8) is 0 Å². The fourth-order valence-electron chi connectivity index (χ4n) is 2.43. The van der Waals surface area contributed by atoms with Crippen molar-refractivity contribution in [1.82, 2.24) is 0 Å². The van der Waals surface area contributed by atoms with Crippen molar-refractivity contribution < 1.29 is 12.8 Å². The summed E-state index contributed by atoms with van der Waals surface area (Å²) in [5.41, 5.74) is 0.796. The summed E-state index contributed by atoms with van der Waals surface area (Å²) in [6.45, 7) is 0.222. The van der Waals surface area contributed by atoms with E-state index < -0.39 is 15.8 Å². The minimum atomic E-state index is -3.92. The summed E-state index contributed by atoms with van der Waals surface area (Å²) in [5.74, 6) is -0.548. The van der Waals surface area contributed by atoms with Crippen LogP contribution in [0.4, 0.5) is 10.1 Å². The lowest BCUT2D eigenvalue weighted by Crippen LogP contribution is -2.36. The molecule has 0 saturated carbocycles. The summed E-state index contributed by atoms with van der Waals surface area (Å²) in [6, 6.07) is 5.88. The molecule has 1 aliphatic rings. The first-order valence-electron chi connectivity index (χ1n) is 6.16. The summed E-state index contributed by atoms with van der Waals surface area (Å²) in [7, 11) is -3.92. The van der Waals surface area contributed by atoms with E-state index >= 15 is 0 Å². The van der Waals surface area contributed by atoms with E-state index in [0.717, 1.165) is 15.6 Å². The maximum absolute atomic E-state index is 14.1. The monoisotopic (exact) mass is 365 g/mol. The molecule has 0 N–H and O–H groups in total. The highest BCUT2D eigenvalue weighted by atomic mass is 35.5. The zero-order valence-corrected chi connectivity index (χ0v) is 13.8. The van der Waals surface area contributed by atoms with Crippen LogP contribution in [0.3, 0.4) is 0 Å². The fraction of sp³-hybridized carbons (Fsp3) is 0.231. The van der Waals surface area contributed by atoms with Crippen LogP contribution < -0.4 is 4.31 Å². The second kappa shape index (κ2) is 5.43. The number of hydrogen-bond acceptors (Lipinski definition) is 3. The van der Waals surface area contributed by atoms with Gasteiger partial charge in [0.25, 0.3) is 10.0 Å². The van der Waals surface area contributed by atoms with Crippen molar-refractivity contribution in [3.8, 4) is 0 Å². The zero-order valence-electron chi connectivity index (χ0n) is 10.6. The summed E-state index contributed by atoms with van der Waals surface area (Å²) in [5, 5.41) is 0. The minimum Gasteiger partial charge on any atom is -0.263 e. The molecule has 0 aliphatic carbocycles. The van der Waals surface area contributed by atoms with Crippen molar-refractivity contribution in [2.24, 2.45) is 0 Å². The molecule has 0 unspecified atom stereocenters. The van der Waals surface area contributed by atoms with Crippen LogP contribution >= 0.6 is 34.5 Å². The Labute approximate surface area is 136 Å². The van der Waals surface area contributed by atoms with E-state index in [1.165, 1.54) is 12.1 Å². The molecule has 2 aromatic rings.